The van der Waals surface area contributed by atoms with E-state index in [0.717, 1.165) is 73.8 Å². The van der Waals surface area contributed by atoms with Gasteiger partial charge in [0.15, 0.2) is 0 Å². The Labute approximate surface area is 260 Å². The van der Waals surface area contributed by atoms with Gasteiger partial charge in [-0.25, -0.2) is 4.79 Å². The van der Waals surface area contributed by atoms with Gasteiger partial charge in [-0.05, 0) is 123 Å². The zero-order chi connectivity index (χ0) is 30.3. The van der Waals surface area contributed by atoms with E-state index in [1.54, 1.807) is 5.57 Å². The summed E-state index contributed by atoms with van der Waals surface area (Å²) >= 11 is 0. The Morgan fingerprint density at radius 1 is 0.976 bits per heavy atom. The maximum Gasteiger partial charge on any atom is 0.407 e. The fraction of sp³-hybridized carbons (Fsp3) is 0.921. The number of hydrogen-bond acceptors (Lipinski definition) is 2. The zero-order valence-corrected chi connectivity index (χ0v) is 28.7. The zero-order valence-electron chi connectivity index (χ0n) is 28.7. The number of fused-ring (bicyclic) bond motifs is 5. The second kappa shape index (κ2) is 15.3. The van der Waals surface area contributed by atoms with Gasteiger partial charge in [-0.3, -0.25) is 0 Å². The third-order valence-corrected chi connectivity index (χ3v) is 13.5. The van der Waals surface area contributed by atoms with Gasteiger partial charge in [0.1, 0.15) is 6.10 Å². The standard InChI is InChI=1S/C38H68N2O2/c1-7-29(27(2)3)15-14-28(4)33-18-19-34-32-17-16-30-26-31(20-22-37(30,5)35(32)21-23-38(33,34)6)42-36(41)40-25-13-11-9-8-10-12-24-39/h16,27-29,31-35H,7-15,17-26,39H2,1-6H3,(H,40,41)/p+1/t28-,29-,31+,32+,33-,34+,35+,37+,38-/m1/s1. The topological polar surface area (TPSA) is 66.0 Å². The summed E-state index contributed by atoms with van der Waals surface area (Å²) in [5.41, 5.74) is 6.37. The summed E-state index contributed by atoms with van der Waals surface area (Å²) in [6.07, 6.45) is 24.1. The highest BCUT2D eigenvalue weighted by Gasteiger charge is 2.59. The molecule has 4 nitrogen and oxygen atoms in total. The summed E-state index contributed by atoms with van der Waals surface area (Å²) in [6.45, 7) is 16.9. The third-order valence-electron chi connectivity index (χ3n) is 13.5. The fourth-order valence-electron chi connectivity index (χ4n) is 10.8. The van der Waals surface area contributed by atoms with E-state index in [9.17, 15) is 4.79 Å². The van der Waals surface area contributed by atoms with Crippen LogP contribution in [-0.2, 0) is 4.74 Å². The maximum atomic E-state index is 12.6. The van der Waals surface area contributed by atoms with Crippen LogP contribution in [0, 0.1) is 52.3 Å². The molecule has 3 fully saturated rings. The molecule has 242 valence electrons. The molecule has 4 aliphatic carbocycles. The molecule has 4 aliphatic rings. The Kier molecular flexibility index (Phi) is 12.3. The van der Waals surface area contributed by atoms with E-state index in [4.69, 9.17) is 4.74 Å². The molecular formula is C38H69N2O2+. The van der Waals surface area contributed by atoms with Crippen LogP contribution in [0.2, 0.25) is 0 Å². The largest absolute Gasteiger partial charge is 0.446 e. The van der Waals surface area contributed by atoms with E-state index < -0.39 is 0 Å². The van der Waals surface area contributed by atoms with E-state index in [-0.39, 0.29) is 12.2 Å². The van der Waals surface area contributed by atoms with Crippen molar-refractivity contribution < 1.29 is 15.3 Å². The first kappa shape index (κ1) is 33.9. The molecule has 4 heteroatoms. The first-order valence-corrected chi connectivity index (χ1v) is 18.6. The van der Waals surface area contributed by atoms with Crippen molar-refractivity contribution in [1.29, 1.82) is 0 Å². The van der Waals surface area contributed by atoms with Crippen LogP contribution in [0.3, 0.4) is 0 Å². The number of amides is 1. The highest BCUT2D eigenvalue weighted by Crippen LogP contribution is 2.67. The minimum atomic E-state index is -0.201. The molecule has 0 saturated heterocycles. The molecule has 0 radical (unpaired) electrons. The lowest BCUT2D eigenvalue weighted by Crippen LogP contribution is -2.51. The number of ether oxygens (including phenoxy) is 1. The summed E-state index contributed by atoms with van der Waals surface area (Å²) in [5.74, 6) is 6.05. The number of nitrogens with one attached hydrogen (secondary N) is 1. The van der Waals surface area contributed by atoms with E-state index in [0.29, 0.717) is 10.8 Å². The van der Waals surface area contributed by atoms with Crippen LogP contribution in [-0.4, -0.2) is 25.3 Å². The summed E-state index contributed by atoms with van der Waals surface area (Å²) in [4.78, 5) is 12.6. The Morgan fingerprint density at radius 3 is 2.43 bits per heavy atom. The number of allylic oxidation sites excluding steroid dienone is 1. The fourth-order valence-corrected chi connectivity index (χ4v) is 10.8. The van der Waals surface area contributed by atoms with E-state index in [1.165, 1.54) is 89.9 Å². The highest BCUT2D eigenvalue weighted by atomic mass is 16.6. The molecule has 0 aliphatic heterocycles. The number of hydrogen-bond donors (Lipinski definition) is 2. The quantitative estimate of drug-likeness (QED) is 0.148. The summed E-state index contributed by atoms with van der Waals surface area (Å²) in [7, 11) is 0. The smallest absolute Gasteiger partial charge is 0.407 e. The first-order valence-electron chi connectivity index (χ1n) is 18.6. The number of quaternary nitrogens is 1. The van der Waals surface area contributed by atoms with Gasteiger partial charge in [-0.2, -0.15) is 0 Å². The van der Waals surface area contributed by atoms with Crippen LogP contribution in [0.1, 0.15) is 151 Å². The average Bonchev–Trinajstić information content (AvgIpc) is 3.32. The second-order valence-electron chi connectivity index (χ2n) is 16.1. The Morgan fingerprint density at radius 2 is 1.71 bits per heavy atom. The van der Waals surface area contributed by atoms with Crippen molar-refractivity contribution in [3.63, 3.8) is 0 Å². The summed E-state index contributed by atoms with van der Waals surface area (Å²) in [6, 6.07) is 0. The molecule has 1 amide bonds. The molecule has 0 unspecified atom stereocenters. The predicted octanol–water partition coefficient (Wildman–Crippen LogP) is 9.34. The van der Waals surface area contributed by atoms with Crippen molar-refractivity contribution in [3.8, 4) is 0 Å². The van der Waals surface area contributed by atoms with Gasteiger partial charge in [0, 0.05) is 13.0 Å². The Hall–Kier alpha value is -1.03. The van der Waals surface area contributed by atoms with Crippen molar-refractivity contribution in [2.24, 2.45) is 52.3 Å². The lowest BCUT2D eigenvalue weighted by molar-refractivity contribution is -0.368. The molecule has 9 atom stereocenters. The van der Waals surface area contributed by atoms with Gasteiger partial charge >= 0.3 is 6.09 Å². The van der Waals surface area contributed by atoms with Crippen molar-refractivity contribution in [2.75, 3.05) is 13.1 Å². The highest BCUT2D eigenvalue weighted by molar-refractivity contribution is 5.67. The summed E-state index contributed by atoms with van der Waals surface area (Å²) in [5, 5.41) is 3.03. The van der Waals surface area contributed by atoms with Crippen molar-refractivity contribution >= 4 is 6.09 Å². The van der Waals surface area contributed by atoms with Crippen LogP contribution in [0.5, 0.6) is 0 Å². The molecule has 0 aromatic rings. The van der Waals surface area contributed by atoms with Gasteiger partial charge in [0.25, 0.3) is 0 Å². The third kappa shape index (κ3) is 7.60. The van der Waals surface area contributed by atoms with Gasteiger partial charge in [-0.1, -0.05) is 85.3 Å². The molecule has 0 heterocycles. The number of carbonyl (C=O) groups is 1. The SMILES string of the molecule is CC[C@H](CC[C@@H](C)[C@H]1CC[C@H]2[C@@H]3CC=C4C[C@@H](OC(=O)NCCCCCCCC[NH3+])CC[C@]4(C)[C@H]3CC[C@]12C)C(C)C. The number of unbranched alkanes of at least 4 members (excludes halogenated alkanes) is 5. The Balaban J connectivity index is 1.27. The van der Waals surface area contributed by atoms with E-state index >= 15 is 0 Å². The van der Waals surface area contributed by atoms with Gasteiger partial charge in [0.2, 0.25) is 0 Å². The molecule has 3 saturated carbocycles. The molecule has 0 spiro atoms. The van der Waals surface area contributed by atoms with Crippen LogP contribution in [0.4, 0.5) is 4.79 Å². The van der Waals surface area contributed by atoms with Gasteiger partial charge in [0.05, 0.1) is 6.54 Å². The average molecular weight is 586 g/mol. The molecule has 0 aromatic carbocycles. The van der Waals surface area contributed by atoms with Gasteiger partial charge < -0.3 is 15.8 Å². The minimum Gasteiger partial charge on any atom is -0.446 e. The lowest BCUT2D eigenvalue weighted by Gasteiger charge is -2.58. The summed E-state index contributed by atoms with van der Waals surface area (Å²) < 4.78 is 5.97. The first-order chi connectivity index (χ1) is 20.1. The van der Waals surface area contributed by atoms with Crippen molar-refractivity contribution in [1.82, 2.24) is 5.32 Å². The van der Waals surface area contributed by atoms with Crippen LogP contribution >= 0.6 is 0 Å². The van der Waals surface area contributed by atoms with Crippen molar-refractivity contribution in [3.05, 3.63) is 11.6 Å². The molecule has 42 heavy (non-hydrogen) atoms. The lowest BCUT2D eigenvalue weighted by atomic mass is 9.47. The van der Waals surface area contributed by atoms with Crippen LogP contribution in [0.25, 0.3) is 0 Å². The molecule has 4 N–H and O–H groups in total. The molecule has 4 rings (SSSR count). The van der Waals surface area contributed by atoms with Crippen molar-refractivity contribution in [2.45, 2.75) is 157 Å². The van der Waals surface area contributed by atoms with Crippen LogP contribution in [0.15, 0.2) is 11.6 Å². The minimum absolute atomic E-state index is 0.0480. The van der Waals surface area contributed by atoms with E-state index in [1.807, 2.05) is 0 Å². The van der Waals surface area contributed by atoms with E-state index in [2.05, 4.69) is 58.7 Å². The Bertz CT molecular complexity index is 884. The molecule has 0 aromatic heterocycles. The molecule has 0 bridgehead atoms. The maximum absolute atomic E-state index is 12.6. The number of alkyl carbamates (subject to hydrolysis) is 1. The van der Waals surface area contributed by atoms with Gasteiger partial charge in [-0.15, -0.1) is 0 Å². The van der Waals surface area contributed by atoms with Crippen LogP contribution < -0.4 is 11.1 Å². The molecular weight excluding hydrogens is 516 g/mol. The number of carbonyl (C=O) groups excluding carboxylic acids is 1. The second-order valence-corrected chi connectivity index (χ2v) is 16.1. The number of rotatable bonds is 15. The predicted molar refractivity (Wildman–Crippen MR) is 176 cm³/mol. The normalized spacial score (nSPS) is 35.5. The monoisotopic (exact) mass is 586 g/mol.